The minimum atomic E-state index is -1.13. The molecule has 46 heavy (non-hydrogen) atoms. The van der Waals surface area contributed by atoms with Gasteiger partial charge in [-0.2, -0.15) is 0 Å². The number of ether oxygens (including phenoxy) is 1. The Hall–Kier alpha value is -2.01. The molecule has 6 aliphatic carbocycles. The van der Waals surface area contributed by atoms with Gasteiger partial charge in [-0.3, -0.25) is 9.69 Å². The number of fused-ring (bicyclic) bond motifs is 1. The molecular formula is C37H49F2NO6. The maximum atomic E-state index is 14.5. The van der Waals surface area contributed by atoms with Gasteiger partial charge in [0.1, 0.15) is 0 Å². The van der Waals surface area contributed by atoms with Gasteiger partial charge in [0, 0.05) is 53.6 Å². The molecule has 1 aromatic carbocycles. The predicted octanol–water partition coefficient (Wildman–Crippen LogP) is 4.57. The third kappa shape index (κ3) is 4.59. The Morgan fingerprint density at radius 1 is 1.04 bits per heavy atom. The molecule has 1 heterocycles. The molecule has 3 saturated carbocycles. The summed E-state index contributed by atoms with van der Waals surface area (Å²) >= 11 is 0. The zero-order valence-electron chi connectivity index (χ0n) is 27.1. The molecule has 4 N–H and O–H groups in total. The van der Waals surface area contributed by atoms with Gasteiger partial charge in [-0.25, -0.2) is 8.78 Å². The molecule has 10 atom stereocenters. The van der Waals surface area contributed by atoms with E-state index in [0.717, 1.165) is 44.2 Å². The zero-order chi connectivity index (χ0) is 32.7. The molecule has 1 aliphatic heterocycles. The molecule has 252 valence electrons. The van der Waals surface area contributed by atoms with E-state index in [1.165, 1.54) is 6.07 Å². The summed E-state index contributed by atoms with van der Waals surface area (Å²) < 4.78 is 34.4. The van der Waals surface area contributed by atoms with Crippen LogP contribution in [-0.4, -0.2) is 87.9 Å². The number of aliphatic hydroxyl groups is 4. The van der Waals surface area contributed by atoms with E-state index in [0.29, 0.717) is 51.0 Å². The highest BCUT2D eigenvalue weighted by Gasteiger charge is 2.74. The fourth-order valence-corrected chi connectivity index (χ4v) is 11.4. The molecule has 1 saturated heterocycles. The first-order valence-corrected chi connectivity index (χ1v) is 17.3. The second-order valence-electron chi connectivity index (χ2n) is 15.9. The first-order valence-electron chi connectivity index (χ1n) is 17.3. The van der Waals surface area contributed by atoms with Crippen LogP contribution in [0.3, 0.4) is 0 Å². The van der Waals surface area contributed by atoms with E-state index in [1.807, 2.05) is 4.90 Å². The Morgan fingerprint density at radius 2 is 1.78 bits per heavy atom. The summed E-state index contributed by atoms with van der Waals surface area (Å²) in [6.45, 7) is 5.86. The first kappa shape index (κ1) is 32.5. The van der Waals surface area contributed by atoms with E-state index in [9.17, 15) is 34.0 Å². The first-order chi connectivity index (χ1) is 21.8. The van der Waals surface area contributed by atoms with E-state index < -0.39 is 45.7 Å². The van der Waals surface area contributed by atoms with E-state index in [4.69, 9.17) is 4.74 Å². The Balaban J connectivity index is 1.30. The summed E-state index contributed by atoms with van der Waals surface area (Å²) in [5.41, 5.74) is -2.49. The number of aliphatic hydroxyl groups excluding tert-OH is 3. The van der Waals surface area contributed by atoms with Crippen molar-refractivity contribution < 1.29 is 38.7 Å². The van der Waals surface area contributed by atoms with Crippen molar-refractivity contribution >= 4 is 5.78 Å². The van der Waals surface area contributed by atoms with Crippen LogP contribution in [0.4, 0.5) is 8.78 Å². The molecule has 4 fully saturated rings. The number of Topliss-reactive ketones (excluding diaryl/α,β-unsaturated/α-hetero) is 1. The van der Waals surface area contributed by atoms with Crippen molar-refractivity contribution in [1.82, 2.24) is 4.90 Å². The maximum absolute atomic E-state index is 14.5. The molecule has 0 amide bonds. The topological polar surface area (TPSA) is 110 Å². The summed E-state index contributed by atoms with van der Waals surface area (Å²) in [7, 11) is 0. The van der Waals surface area contributed by atoms with Crippen molar-refractivity contribution in [2.75, 3.05) is 32.8 Å². The Morgan fingerprint density at radius 3 is 2.50 bits per heavy atom. The lowest BCUT2D eigenvalue weighted by molar-refractivity contribution is -0.177. The van der Waals surface area contributed by atoms with Crippen molar-refractivity contribution in [1.29, 1.82) is 0 Å². The van der Waals surface area contributed by atoms with Crippen molar-refractivity contribution in [3.05, 3.63) is 59.2 Å². The number of rotatable bonds is 9. The Bertz CT molecular complexity index is 1440. The predicted molar refractivity (Wildman–Crippen MR) is 168 cm³/mol. The highest BCUT2D eigenvalue weighted by Crippen LogP contribution is 2.78. The fourth-order valence-electron chi connectivity index (χ4n) is 11.4. The van der Waals surface area contributed by atoms with Crippen LogP contribution in [0.15, 0.2) is 42.0 Å². The van der Waals surface area contributed by atoms with Gasteiger partial charge < -0.3 is 25.2 Å². The molecule has 10 unspecified atom stereocenters. The molecule has 7 nitrogen and oxygen atoms in total. The molecule has 0 radical (unpaired) electrons. The van der Waals surface area contributed by atoms with Crippen LogP contribution in [0, 0.1) is 45.1 Å². The van der Waals surface area contributed by atoms with Crippen LogP contribution in [0.1, 0.15) is 82.0 Å². The van der Waals surface area contributed by atoms with Gasteiger partial charge in [-0.15, -0.1) is 0 Å². The molecule has 8 rings (SSSR count). The van der Waals surface area contributed by atoms with Gasteiger partial charge >= 0.3 is 0 Å². The van der Waals surface area contributed by atoms with Crippen molar-refractivity contribution in [3.8, 4) is 0 Å². The number of carbonyl (C=O) groups is 1. The lowest BCUT2D eigenvalue weighted by Gasteiger charge is -2.71. The van der Waals surface area contributed by atoms with Gasteiger partial charge in [0.15, 0.2) is 17.4 Å². The molecule has 2 spiro atoms. The molecule has 1 aromatic rings. The highest BCUT2D eigenvalue weighted by molar-refractivity contribution is 6.10. The third-order valence-corrected chi connectivity index (χ3v) is 13.8. The number of hydrogen-bond acceptors (Lipinski definition) is 7. The van der Waals surface area contributed by atoms with E-state index in [2.05, 4.69) is 32.1 Å². The van der Waals surface area contributed by atoms with Gasteiger partial charge in [0.25, 0.3) is 0 Å². The van der Waals surface area contributed by atoms with Gasteiger partial charge in [0.2, 0.25) is 0 Å². The molecule has 0 aromatic heterocycles. The summed E-state index contributed by atoms with van der Waals surface area (Å²) in [6, 6.07) is 3.35. The van der Waals surface area contributed by atoms with Crippen LogP contribution >= 0.6 is 0 Å². The summed E-state index contributed by atoms with van der Waals surface area (Å²) in [5.74, 6) is -2.41. The van der Waals surface area contributed by atoms with Crippen LogP contribution in [0.2, 0.25) is 0 Å². The number of halogens is 2. The van der Waals surface area contributed by atoms with Crippen molar-refractivity contribution in [3.63, 3.8) is 0 Å². The van der Waals surface area contributed by atoms with Gasteiger partial charge in [0.05, 0.1) is 30.5 Å². The smallest absolute Gasteiger partial charge is 0.189 e. The normalized spacial score (nSPS) is 43.3. The standard InChI is InChI=1S/C37H49F2NO6/c1-33-10-7-24(42)17-35(33)13-14-37(27(18-35)32(44)23-5-6-28(38)29(39)16-23)30(33)8-11-34(2)31(37)9-12-36(34,45)22-40(19-25(43)21-41)20-26-4-3-15-46-26/h5-6,13-14,16,18,24-26,30-31,41-43,45H,3-4,7-12,15,17,19-22H2,1-2H3. The van der Waals surface area contributed by atoms with E-state index in [-0.39, 0.29) is 47.9 Å². The average Bonchev–Trinajstić information content (AvgIpc) is 3.63. The number of nitrogens with zero attached hydrogens (tertiary/aromatic N) is 1. The monoisotopic (exact) mass is 641 g/mol. The van der Waals surface area contributed by atoms with Crippen LogP contribution in [-0.2, 0) is 4.74 Å². The van der Waals surface area contributed by atoms with E-state index >= 15 is 0 Å². The molecule has 9 heteroatoms. The minimum absolute atomic E-state index is 0.00596. The van der Waals surface area contributed by atoms with Crippen LogP contribution < -0.4 is 0 Å². The van der Waals surface area contributed by atoms with Crippen molar-refractivity contribution in [2.45, 2.75) is 95.5 Å². The summed E-state index contributed by atoms with van der Waals surface area (Å²) in [6.07, 6.45) is 11.7. The largest absolute Gasteiger partial charge is 0.394 e. The number of benzene rings is 1. The fraction of sp³-hybridized carbons (Fsp3) is 0.703. The lowest BCUT2D eigenvalue weighted by Crippen LogP contribution is -2.67. The molecular weight excluding hydrogens is 592 g/mol. The highest BCUT2D eigenvalue weighted by atomic mass is 19.2. The van der Waals surface area contributed by atoms with Crippen LogP contribution in [0.25, 0.3) is 0 Å². The Labute approximate surface area is 270 Å². The van der Waals surface area contributed by atoms with Crippen molar-refractivity contribution in [2.24, 2.45) is 33.5 Å². The summed E-state index contributed by atoms with van der Waals surface area (Å²) in [5, 5.41) is 43.8. The van der Waals surface area contributed by atoms with E-state index in [1.54, 1.807) is 0 Å². The SMILES string of the molecule is CC12CCC(O)CC13C=CC1(C(C(=O)c4ccc(F)c(F)c4)=C3)C2CCC2(C)C1CCC2(O)CN(CC(O)CO)CC1CCCO1. The number of carbonyl (C=O) groups excluding carboxylic acids is 1. The second kappa shape index (κ2) is 11.3. The second-order valence-corrected chi connectivity index (χ2v) is 15.9. The lowest BCUT2D eigenvalue weighted by atomic mass is 9.32. The maximum Gasteiger partial charge on any atom is 0.189 e. The minimum Gasteiger partial charge on any atom is -0.394 e. The quantitative estimate of drug-likeness (QED) is 0.231. The zero-order valence-corrected chi connectivity index (χ0v) is 27.1. The third-order valence-electron chi connectivity index (χ3n) is 13.8. The number of allylic oxidation sites excluding steroid dienone is 4. The molecule has 2 bridgehead atoms. The van der Waals surface area contributed by atoms with Crippen LogP contribution in [0.5, 0.6) is 0 Å². The van der Waals surface area contributed by atoms with Gasteiger partial charge in [-0.1, -0.05) is 32.1 Å². The molecule has 7 aliphatic rings. The average molecular weight is 642 g/mol. The number of ketones is 1. The number of hydrogen-bond donors (Lipinski definition) is 4. The Kier molecular flexibility index (Phi) is 7.97. The van der Waals surface area contributed by atoms with Gasteiger partial charge in [-0.05, 0) is 93.2 Å². The summed E-state index contributed by atoms with van der Waals surface area (Å²) in [4.78, 5) is 16.6.